The zero-order valence-electron chi connectivity index (χ0n) is 15.8. The third-order valence-corrected chi connectivity index (χ3v) is 16.9. The maximum absolute atomic E-state index is 6.45. The Morgan fingerprint density at radius 3 is 2.12 bits per heavy atom. The Morgan fingerprint density at radius 2 is 1.62 bits per heavy atom. The van der Waals surface area contributed by atoms with Crippen LogP contribution >= 0.6 is 0 Å². The standard InChI is InChI=1S/C6H7N3O2.3C4H9.Sn/c1-11-6-5(7-4-10)2-3-8-9-6;3*1-3-4-2;/h2-4H,1H3,(H,7,8,10);3*1,3-4H2,2H3;/q;;;;+1/p-1. The fourth-order valence-electron chi connectivity index (χ4n) is 2.80. The zero-order valence-corrected chi connectivity index (χ0v) is 18.6. The first-order valence-corrected chi connectivity index (χ1v) is 16.5. The van der Waals surface area contributed by atoms with Crippen molar-refractivity contribution in [2.45, 2.75) is 72.6 Å². The van der Waals surface area contributed by atoms with Gasteiger partial charge in [-0.25, -0.2) is 0 Å². The van der Waals surface area contributed by atoms with Crippen LogP contribution in [0.4, 0.5) is 5.69 Å². The van der Waals surface area contributed by atoms with E-state index in [1.165, 1.54) is 51.8 Å². The number of hydrogen-bond donors (Lipinski definition) is 0. The molecule has 0 spiro atoms. The predicted molar refractivity (Wildman–Crippen MR) is 103 cm³/mol. The predicted octanol–water partition coefficient (Wildman–Crippen LogP) is 5.51. The van der Waals surface area contributed by atoms with Gasteiger partial charge >= 0.3 is 152 Å². The average molecular weight is 442 g/mol. The summed E-state index contributed by atoms with van der Waals surface area (Å²) in [6, 6.07) is 1.80. The Balaban J connectivity index is 2.85. The van der Waals surface area contributed by atoms with E-state index in [9.17, 15) is 0 Å². The van der Waals surface area contributed by atoms with Crippen molar-refractivity contribution in [2.24, 2.45) is 4.99 Å². The Kier molecular flexibility index (Phi) is 11.0. The van der Waals surface area contributed by atoms with Crippen molar-refractivity contribution >= 4 is 30.9 Å². The number of rotatable bonds is 13. The fraction of sp³-hybridized carbons (Fsp3) is 0.722. The first-order chi connectivity index (χ1) is 11.7. The topological polar surface area (TPSA) is 56.6 Å². The molecule has 0 N–H and O–H groups in total. The van der Waals surface area contributed by atoms with Crippen LogP contribution in [0.3, 0.4) is 0 Å². The maximum atomic E-state index is 6.45. The molecule has 0 fully saturated rings. The summed E-state index contributed by atoms with van der Waals surface area (Å²) >= 11 is -2.62. The minimum atomic E-state index is -2.62. The quantitative estimate of drug-likeness (QED) is 0.230. The number of nitrogens with zero attached hydrogens (tertiary/aromatic N) is 3. The molecule has 1 aromatic heterocycles. The van der Waals surface area contributed by atoms with Crippen LogP contribution in [0.15, 0.2) is 17.3 Å². The van der Waals surface area contributed by atoms with Gasteiger partial charge in [-0.05, 0) is 0 Å². The van der Waals surface area contributed by atoms with E-state index >= 15 is 0 Å². The van der Waals surface area contributed by atoms with Crippen LogP contribution in [-0.2, 0) is 3.07 Å². The van der Waals surface area contributed by atoms with Gasteiger partial charge < -0.3 is 0 Å². The molecule has 0 aliphatic heterocycles. The Labute approximate surface area is 151 Å². The van der Waals surface area contributed by atoms with E-state index in [-0.39, 0.29) is 0 Å². The van der Waals surface area contributed by atoms with E-state index in [0.29, 0.717) is 11.6 Å². The molecule has 0 saturated carbocycles. The zero-order chi connectivity index (χ0) is 17.7. The van der Waals surface area contributed by atoms with Crippen molar-refractivity contribution in [3.63, 3.8) is 0 Å². The van der Waals surface area contributed by atoms with E-state index in [2.05, 4.69) is 36.0 Å². The second kappa shape index (κ2) is 12.5. The second-order valence-electron chi connectivity index (χ2n) is 6.27. The number of unbranched alkanes of at least 4 members (excludes halogenated alkanes) is 3. The van der Waals surface area contributed by atoms with Gasteiger partial charge in [0.1, 0.15) is 0 Å². The molecule has 136 valence electrons. The van der Waals surface area contributed by atoms with E-state index in [1.54, 1.807) is 25.8 Å². The molecule has 0 saturated heterocycles. The SMILES string of the molecule is CCC[CH2][Sn]([CH2]CCC)([CH2]CCC)[O]C=Nc1ccnnc1OC. The molecule has 1 heterocycles. The van der Waals surface area contributed by atoms with Crippen LogP contribution in [0.2, 0.25) is 13.3 Å². The van der Waals surface area contributed by atoms with Crippen LogP contribution in [0.25, 0.3) is 0 Å². The van der Waals surface area contributed by atoms with Crippen molar-refractivity contribution in [2.75, 3.05) is 7.11 Å². The molecule has 0 aliphatic rings. The summed E-state index contributed by atoms with van der Waals surface area (Å²) in [5.41, 5.74) is 0.675. The van der Waals surface area contributed by atoms with Crippen molar-refractivity contribution in [1.82, 2.24) is 10.2 Å². The summed E-state index contributed by atoms with van der Waals surface area (Å²) in [5.74, 6) is 0.439. The van der Waals surface area contributed by atoms with E-state index in [1.807, 2.05) is 0 Å². The molecule has 0 atom stereocenters. The molecule has 0 radical (unpaired) electrons. The number of methoxy groups -OCH3 is 1. The first kappa shape index (κ1) is 21.2. The molecule has 5 nitrogen and oxygen atoms in total. The summed E-state index contributed by atoms with van der Waals surface area (Å²) in [7, 11) is 1.58. The molecule has 0 bridgehead atoms. The molecule has 1 aromatic rings. The average Bonchev–Trinajstić information content (AvgIpc) is 2.63. The molecule has 1 rings (SSSR count). The molecular weight excluding hydrogens is 409 g/mol. The molecule has 0 aliphatic carbocycles. The van der Waals surface area contributed by atoms with Gasteiger partial charge in [0.05, 0.1) is 0 Å². The van der Waals surface area contributed by atoms with E-state index in [4.69, 9.17) is 7.81 Å². The number of ether oxygens (including phenoxy) is 1. The van der Waals surface area contributed by atoms with Gasteiger partial charge in [0.25, 0.3) is 0 Å². The third kappa shape index (κ3) is 7.36. The summed E-state index contributed by atoms with van der Waals surface area (Å²) < 4.78 is 15.5. The van der Waals surface area contributed by atoms with Gasteiger partial charge in [0.2, 0.25) is 0 Å². The van der Waals surface area contributed by atoms with Gasteiger partial charge in [-0.15, -0.1) is 0 Å². The van der Waals surface area contributed by atoms with Crippen molar-refractivity contribution in [3.05, 3.63) is 12.3 Å². The fourth-order valence-corrected chi connectivity index (χ4v) is 15.3. The monoisotopic (exact) mass is 443 g/mol. The molecule has 6 heteroatoms. The van der Waals surface area contributed by atoms with Crippen LogP contribution < -0.4 is 4.74 Å². The molecule has 24 heavy (non-hydrogen) atoms. The molecule has 0 aromatic carbocycles. The number of hydrogen-bond acceptors (Lipinski definition) is 5. The number of aliphatic imine (C=N–C) groups is 1. The summed E-state index contributed by atoms with van der Waals surface area (Å²) in [6.07, 6.45) is 10.8. The van der Waals surface area contributed by atoms with Gasteiger partial charge in [0, 0.05) is 0 Å². The van der Waals surface area contributed by atoms with Crippen LogP contribution in [0.1, 0.15) is 59.3 Å². The van der Waals surface area contributed by atoms with Gasteiger partial charge in [-0.1, -0.05) is 0 Å². The van der Waals surface area contributed by atoms with Crippen LogP contribution in [0.5, 0.6) is 5.88 Å². The van der Waals surface area contributed by atoms with Crippen LogP contribution in [-0.4, -0.2) is 42.5 Å². The van der Waals surface area contributed by atoms with Crippen molar-refractivity contribution < 1.29 is 7.81 Å². The normalized spacial score (nSPS) is 11.8. The Bertz CT molecular complexity index is 461. The van der Waals surface area contributed by atoms with Gasteiger partial charge in [0.15, 0.2) is 0 Å². The number of aromatic nitrogens is 2. The summed E-state index contributed by atoms with van der Waals surface area (Å²) in [5, 5.41) is 7.75. The Morgan fingerprint density at radius 1 is 1.04 bits per heavy atom. The second-order valence-corrected chi connectivity index (χ2v) is 18.0. The Hall–Kier alpha value is -0.851. The van der Waals surface area contributed by atoms with Crippen LogP contribution in [0, 0.1) is 0 Å². The van der Waals surface area contributed by atoms with E-state index < -0.39 is 18.8 Å². The van der Waals surface area contributed by atoms with Crippen molar-refractivity contribution in [1.29, 1.82) is 0 Å². The van der Waals surface area contributed by atoms with Gasteiger partial charge in [-0.3, -0.25) is 0 Å². The first-order valence-electron chi connectivity index (χ1n) is 9.27. The van der Waals surface area contributed by atoms with Gasteiger partial charge in [-0.2, -0.15) is 0 Å². The third-order valence-electron chi connectivity index (χ3n) is 4.31. The van der Waals surface area contributed by atoms with E-state index in [0.717, 1.165) is 0 Å². The molecule has 0 amide bonds. The van der Waals surface area contributed by atoms with Crippen molar-refractivity contribution in [3.8, 4) is 5.88 Å². The summed E-state index contributed by atoms with van der Waals surface area (Å²) in [4.78, 5) is 4.46. The molecule has 0 unspecified atom stereocenters. The molecular formula is C18H33N3O2Sn. The summed E-state index contributed by atoms with van der Waals surface area (Å²) in [6.45, 7) is 6.79. The minimum absolute atomic E-state index is 0.439.